The first-order chi connectivity index (χ1) is 15.9. The predicted octanol–water partition coefficient (Wildman–Crippen LogP) is 0.822. The van der Waals surface area contributed by atoms with Crippen molar-refractivity contribution in [2.45, 2.75) is 57.5 Å². The third-order valence-corrected chi connectivity index (χ3v) is 6.19. The van der Waals surface area contributed by atoms with E-state index in [0.717, 1.165) is 12.8 Å². The molecular formula is C22H26N6O5. The molecule has 1 aromatic heterocycles. The highest BCUT2D eigenvalue weighted by Crippen LogP contribution is 2.35. The van der Waals surface area contributed by atoms with Crippen LogP contribution in [0.25, 0.3) is 10.8 Å². The van der Waals surface area contributed by atoms with Crippen molar-refractivity contribution >= 4 is 34.5 Å². The fraction of sp³-hybridized carbons (Fsp3) is 0.455. The number of carbonyl (C=O) groups is 4. The standard InChI is InChI=1S/C22H26N6O5/c1-2-28-19(31)15-9-4-3-8-14(15)17(26-28)18(30)25-24-16(29)10-7-13-27-20(32)22(23-21(27)33)11-5-6-12-22/h3-4,8-9H,2,5-7,10-13H2,1H3,(H,23,33)(H,24,29)(H,25,30). The average Bonchev–Trinajstić information content (AvgIpc) is 3.38. The topological polar surface area (TPSA) is 142 Å². The van der Waals surface area contributed by atoms with Crippen LogP contribution in [0.2, 0.25) is 0 Å². The van der Waals surface area contributed by atoms with Crippen LogP contribution in [0.5, 0.6) is 0 Å². The molecule has 11 heteroatoms. The molecule has 1 saturated carbocycles. The molecule has 3 N–H and O–H groups in total. The van der Waals surface area contributed by atoms with Crippen LogP contribution >= 0.6 is 0 Å². The average molecular weight is 454 g/mol. The van der Waals surface area contributed by atoms with E-state index in [0.29, 0.717) is 30.2 Å². The molecule has 174 valence electrons. The second kappa shape index (κ2) is 9.00. The summed E-state index contributed by atoms with van der Waals surface area (Å²) in [5.41, 5.74) is 3.60. The van der Waals surface area contributed by atoms with Crippen LogP contribution in [0.3, 0.4) is 0 Å². The van der Waals surface area contributed by atoms with Crippen molar-refractivity contribution in [1.29, 1.82) is 0 Å². The third kappa shape index (κ3) is 4.18. The number of aryl methyl sites for hydroxylation is 1. The van der Waals surface area contributed by atoms with Crippen molar-refractivity contribution in [1.82, 2.24) is 30.8 Å². The number of nitrogens with zero attached hydrogens (tertiary/aromatic N) is 3. The summed E-state index contributed by atoms with van der Waals surface area (Å²) in [6.07, 6.45) is 3.37. The number of imide groups is 1. The fourth-order valence-corrected chi connectivity index (χ4v) is 4.46. The zero-order valence-corrected chi connectivity index (χ0v) is 18.3. The summed E-state index contributed by atoms with van der Waals surface area (Å²) in [6, 6.07) is 6.22. The number of nitrogens with one attached hydrogen (secondary N) is 3. The molecule has 11 nitrogen and oxygen atoms in total. The molecule has 0 radical (unpaired) electrons. The Morgan fingerprint density at radius 1 is 1.09 bits per heavy atom. The van der Waals surface area contributed by atoms with Crippen LogP contribution < -0.4 is 21.7 Å². The number of urea groups is 1. The molecular weight excluding hydrogens is 428 g/mol. The molecule has 1 aliphatic heterocycles. The Kier molecular flexibility index (Phi) is 6.12. The van der Waals surface area contributed by atoms with Crippen molar-refractivity contribution in [2.24, 2.45) is 0 Å². The summed E-state index contributed by atoms with van der Waals surface area (Å²) >= 11 is 0. The maximum absolute atomic E-state index is 12.6. The van der Waals surface area contributed by atoms with Gasteiger partial charge in [-0.3, -0.25) is 34.9 Å². The molecule has 1 aliphatic carbocycles. The van der Waals surface area contributed by atoms with Crippen molar-refractivity contribution in [3.63, 3.8) is 0 Å². The van der Waals surface area contributed by atoms with Crippen molar-refractivity contribution in [3.05, 3.63) is 40.3 Å². The second-order valence-electron chi connectivity index (χ2n) is 8.30. The first kappa shape index (κ1) is 22.4. The maximum Gasteiger partial charge on any atom is 0.325 e. The number of hydrogen-bond acceptors (Lipinski definition) is 6. The van der Waals surface area contributed by atoms with E-state index >= 15 is 0 Å². The molecule has 0 bridgehead atoms. The summed E-state index contributed by atoms with van der Waals surface area (Å²) < 4.78 is 1.19. The molecule has 0 atom stereocenters. The number of aromatic nitrogens is 2. The highest BCUT2D eigenvalue weighted by Gasteiger charge is 2.52. The molecule has 1 aromatic carbocycles. The normalized spacial score (nSPS) is 16.9. The summed E-state index contributed by atoms with van der Waals surface area (Å²) in [5, 5.41) is 7.66. The summed E-state index contributed by atoms with van der Waals surface area (Å²) in [6.45, 7) is 2.16. The Morgan fingerprint density at radius 2 is 1.79 bits per heavy atom. The SMILES string of the molecule is CCn1nc(C(=O)NNC(=O)CCCN2C(=O)NC3(CCCC3)C2=O)c2ccccc2c1=O. The monoisotopic (exact) mass is 454 g/mol. The molecule has 2 fully saturated rings. The van der Waals surface area contributed by atoms with Crippen LogP contribution in [-0.4, -0.2) is 50.5 Å². The van der Waals surface area contributed by atoms with Crippen molar-refractivity contribution < 1.29 is 19.2 Å². The Balaban J connectivity index is 1.32. The molecule has 2 aromatic rings. The van der Waals surface area contributed by atoms with Crippen LogP contribution in [0.15, 0.2) is 29.1 Å². The Labute approximate surface area is 189 Å². The van der Waals surface area contributed by atoms with Crippen LogP contribution in [0.4, 0.5) is 4.79 Å². The van der Waals surface area contributed by atoms with Gasteiger partial charge in [0, 0.05) is 24.9 Å². The van der Waals surface area contributed by atoms with E-state index < -0.39 is 23.4 Å². The van der Waals surface area contributed by atoms with Gasteiger partial charge in [-0.1, -0.05) is 31.0 Å². The van der Waals surface area contributed by atoms with E-state index in [9.17, 15) is 24.0 Å². The van der Waals surface area contributed by atoms with Crippen LogP contribution in [-0.2, 0) is 16.1 Å². The smallest absolute Gasteiger partial charge is 0.323 e. The van der Waals surface area contributed by atoms with Gasteiger partial charge in [0.25, 0.3) is 17.4 Å². The quantitative estimate of drug-likeness (QED) is 0.436. The number of carbonyl (C=O) groups excluding carboxylic acids is 4. The van der Waals surface area contributed by atoms with Crippen molar-refractivity contribution in [2.75, 3.05) is 6.54 Å². The van der Waals surface area contributed by atoms with Gasteiger partial charge >= 0.3 is 6.03 Å². The van der Waals surface area contributed by atoms with Gasteiger partial charge in [-0.05, 0) is 32.3 Å². The van der Waals surface area contributed by atoms with Crippen LogP contribution in [0.1, 0.15) is 55.9 Å². The molecule has 2 heterocycles. The largest absolute Gasteiger partial charge is 0.325 e. The molecule has 5 amide bonds. The second-order valence-corrected chi connectivity index (χ2v) is 8.30. The molecule has 2 aliphatic rings. The first-order valence-electron chi connectivity index (χ1n) is 11.1. The van der Waals surface area contributed by atoms with Gasteiger partial charge in [0.1, 0.15) is 5.54 Å². The van der Waals surface area contributed by atoms with Gasteiger partial charge in [-0.25, -0.2) is 9.48 Å². The maximum atomic E-state index is 12.6. The van der Waals surface area contributed by atoms with Gasteiger partial charge in [0.2, 0.25) is 5.91 Å². The molecule has 1 spiro atoms. The fourth-order valence-electron chi connectivity index (χ4n) is 4.46. The Bertz CT molecular complexity index is 1180. The van der Waals surface area contributed by atoms with Gasteiger partial charge < -0.3 is 5.32 Å². The van der Waals surface area contributed by atoms with E-state index in [1.165, 1.54) is 9.58 Å². The van der Waals surface area contributed by atoms with Gasteiger partial charge in [-0.2, -0.15) is 5.10 Å². The zero-order chi connectivity index (χ0) is 23.6. The van der Waals surface area contributed by atoms with E-state index in [4.69, 9.17) is 0 Å². The number of fused-ring (bicyclic) bond motifs is 1. The first-order valence-corrected chi connectivity index (χ1v) is 11.1. The Morgan fingerprint density at radius 3 is 2.48 bits per heavy atom. The third-order valence-electron chi connectivity index (χ3n) is 6.19. The molecule has 0 unspecified atom stereocenters. The predicted molar refractivity (Wildman–Crippen MR) is 118 cm³/mol. The van der Waals surface area contributed by atoms with E-state index in [1.807, 2.05) is 0 Å². The van der Waals surface area contributed by atoms with Crippen molar-refractivity contribution in [3.8, 4) is 0 Å². The minimum atomic E-state index is -0.766. The minimum absolute atomic E-state index is 0.00692. The number of hydrazine groups is 1. The number of amides is 5. The molecule has 33 heavy (non-hydrogen) atoms. The lowest BCUT2D eigenvalue weighted by Gasteiger charge is -2.19. The lowest BCUT2D eigenvalue weighted by atomic mass is 9.98. The van der Waals surface area contributed by atoms with E-state index in [-0.39, 0.29) is 36.5 Å². The van der Waals surface area contributed by atoms with Gasteiger partial charge in [-0.15, -0.1) is 0 Å². The van der Waals surface area contributed by atoms with E-state index in [1.54, 1.807) is 31.2 Å². The summed E-state index contributed by atoms with van der Waals surface area (Å²) in [4.78, 5) is 63.2. The highest BCUT2D eigenvalue weighted by atomic mass is 16.2. The highest BCUT2D eigenvalue weighted by molar-refractivity contribution is 6.07. The number of benzene rings is 1. The van der Waals surface area contributed by atoms with Gasteiger partial charge in [0.15, 0.2) is 5.69 Å². The zero-order valence-electron chi connectivity index (χ0n) is 18.3. The summed E-state index contributed by atoms with van der Waals surface area (Å²) in [7, 11) is 0. The van der Waals surface area contributed by atoms with E-state index in [2.05, 4.69) is 21.3 Å². The lowest BCUT2D eigenvalue weighted by Crippen LogP contribution is -2.44. The number of hydrogen-bond donors (Lipinski definition) is 3. The number of rotatable bonds is 6. The molecule has 1 saturated heterocycles. The minimum Gasteiger partial charge on any atom is -0.323 e. The van der Waals surface area contributed by atoms with Gasteiger partial charge in [0.05, 0.1) is 5.39 Å². The summed E-state index contributed by atoms with van der Waals surface area (Å²) in [5.74, 6) is -1.35. The molecule has 4 rings (SSSR count). The van der Waals surface area contributed by atoms with Crippen LogP contribution in [0, 0.1) is 0 Å². The lowest BCUT2D eigenvalue weighted by molar-refractivity contribution is -0.131. The Hall–Kier alpha value is -3.76.